The van der Waals surface area contributed by atoms with Gasteiger partial charge in [-0.25, -0.2) is 0 Å². The van der Waals surface area contributed by atoms with Crippen molar-refractivity contribution >= 4 is 0 Å². The van der Waals surface area contributed by atoms with E-state index in [-0.39, 0.29) is 0 Å². The molecule has 0 aromatic heterocycles. The van der Waals surface area contributed by atoms with Gasteiger partial charge in [-0.2, -0.15) is 0 Å². The van der Waals surface area contributed by atoms with Crippen LogP contribution in [0.25, 0.3) is 0 Å². The van der Waals surface area contributed by atoms with Gasteiger partial charge in [-0.15, -0.1) is 0 Å². The fourth-order valence-electron chi connectivity index (χ4n) is 8.69. The van der Waals surface area contributed by atoms with Crippen molar-refractivity contribution in [3.63, 3.8) is 0 Å². The molecule has 0 unspecified atom stereocenters. The van der Waals surface area contributed by atoms with Crippen molar-refractivity contribution in [2.75, 3.05) is 46.4 Å². The first kappa shape index (κ1) is 54.6. The monoisotopic (exact) mass is 800 g/mol. The minimum absolute atomic E-state index is 1.25. The van der Waals surface area contributed by atoms with Gasteiger partial charge in [0.25, 0.3) is 0 Å². The average Bonchev–Trinajstić information content (AvgIpc) is 3.18. The first-order valence-corrected chi connectivity index (χ1v) is 28.2. The first-order valence-electron chi connectivity index (χ1n) is 25.4. The van der Waals surface area contributed by atoms with Gasteiger partial charge in [-0.05, 0) is 0 Å². The van der Waals surface area contributed by atoms with Crippen LogP contribution in [-0.2, 0) is 21.1 Å². The molecule has 5 heteroatoms. The Balaban J connectivity index is 6.74. The van der Waals surface area contributed by atoms with E-state index in [0.717, 1.165) is 0 Å². The number of nitrogens with zero attached hydrogens (tertiary/aromatic N) is 3. The van der Waals surface area contributed by atoms with Crippen LogP contribution in [0.4, 0.5) is 0 Å². The molecule has 0 N–H and O–H groups in total. The Hall–Kier alpha value is 0.554. The molecule has 326 valence electrons. The van der Waals surface area contributed by atoms with Crippen LogP contribution in [0.15, 0.2) is 0 Å². The van der Waals surface area contributed by atoms with Crippen LogP contribution in [0.3, 0.4) is 0 Å². The van der Waals surface area contributed by atoms with Crippen LogP contribution >= 0.6 is 0 Å². The van der Waals surface area contributed by atoms with E-state index < -0.39 is 17.7 Å². The van der Waals surface area contributed by atoms with Gasteiger partial charge in [0.1, 0.15) is 0 Å². The molecule has 0 saturated heterocycles. The van der Waals surface area contributed by atoms with E-state index in [1.165, 1.54) is 270 Å². The number of hydrogen-bond donors (Lipinski definition) is 0. The molecule has 0 radical (unpaired) electrons. The molecule has 0 rings (SSSR count). The molecule has 0 aliphatic rings. The Kier molecular flexibility index (Phi) is 43.6. The maximum atomic E-state index is 7.46. The molecule has 0 aliphatic carbocycles. The van der Waals surface area contributed by atoms with E-state index >= 15 is 0 Å². The Labute approximate surface area is 348 Å². The molecule has 0 bridgehead atoms. The molecule has 54 heavy (non-hydrogen) atoms. The number of hydrogen-bond acceptors (Lipinski definition) is 4. The zero-order valence-corrected chi connectivity index (χ0v) is 40.5. The van der Waals surface area contributed by atoms with Crippen LogP contribution in [0.2, 0.25) is 0 Å². The van der Waals surface area contributed by atoms with Gasteiger partial charge in [0.2, 0.25) is 0 Å². The summed E-state index contributed by atoms with van der Waals surface area (Å²) in [5.74, 6) is 0. The topological polar surface area (TPSA) is 19.0 Å². The summed E-state index contributed by atoms with van der Waals surface area (Å²) in [6.07, 6.45) is 49.7. The molecule has 0 spiro atoms. The number of unbranched alkanes of at least 4 members (excludes halogenated alkanes) is 30. The Morgan fingerprint density at radius 2 is 0.389 bits per heavy atom. The first-order chi connectivity index (χ1) is 26.6. The van der Waals surface area contributed by atoms with Crippen LogP contribution in [0, 0.1) is 0 Å². The molecular weight excluding hydrogens is 694 g/mol. The fourth-order valence-corrected chi connectivity index (χ4v) is 16.0. The second-order valence-electron chi connectivity index (χ2n) is 17.3. The van der Waals surface area contributed by atoms with E-state index in [1.54, 1.807) is 0 Å². The fraction of sp³-hybridized carbons (Fsp3) is 1.00. The van der Waals surface area contributed by atoms with Gasteiger partial charge < -0.3 is 0 Å². The standard InChI is InChI=1S/3C16H34N.CH3O.Ti/c3*1-3-5-7-9-11-13-15-17-16-14-12-10-8-6-4-2;1-2;/h3*3-16H2,1-2H3;1H3;/q4*-1;+4. The summed E-state index contributed by atoms with van der Waals surface area (Å²) in [6, 6.07) is 0. The molecule has 0 heterocycles. The van der Waals surface area contributed by atoms with E-state index in [0.29, 0.717) is 0 Å². The summed E-state index contributed by atoms with van der Waals surface area (Å²) >= 11 is -3.37. The normalized spacial score (nSPS) is 12.3. The van der Waals surface area contributed by atoms with Gasteiger partial charge in [0.15, 0.2) is 0 Å². The summed E-state index contributed by atoms with van der Waals surface area (Å²) in [4.78, 5) is 0. The molecule has 0 atom stereocenters. The van der Waals surface area contributed by atoms with Crippen molar-refractivity contribution in [1.29, 1.82) is 0 Å². The Morgan fingerprint density at radius 3 is 0.537 bits per heavy atom. The van der Waals surface area contributed by atoms with E-state index in [9.17, 15) is 0 Å². The van der Waals surface area contributed by atoms with Crippen LogP contribution < -0.4 is 0 Å². The van der Waals surface area contributed by atoms with Crippen LogP contribution in [0.5, 0.6) is 0 Å². The minimum atomic E-state index is -3.37. The molecule has 0 fully saturated rings. The van der Waals surface area contributed by atoms with Crippen molar-refractivity contribution in [3.05, 3.63) is 0 Å². The molecule has 0 aromatic carbocycles. The quantitative estimate of drug-likeness (QED) is 0.0451. The summed E-state index contributed by atoms with van der Waals surface area (Å²) in [5, 5.41) is 0. The Morgan fingerprint density at radius 1 is 0.241 bits per heavy atom. The Bertz CT molecular complexity index is 572. The predicted molar refractivity (Wildman–Crippen MR) is 242 cm³/mol. The maximum absolute atomic E-state index is 7.46. The van der Waals surface area contributed by atoms with Crippen molar-refractivity contribution in [3.8, 4) is 0 Å². The van der Waals surface area contributed by atoms with Crippen molar-refractivity contribution in [2.45, 2.75) is 273 Å². The van der Waals surface area contributed by atoms with Gasteiger partial charge in [0, 0.05) is 0 Å². The van der Waals surface area contributed by atoms with Crippen LogP contribution in [0.1, 0.15) is 273 Å². The zero-order chi connectivity index (χ0) is 39.6. The summed E-state index contributed by atoms with van der Waals surface area (Å²) in [7, 11) is 2.19. The van der Waals surface area contributed by atoms with E-state index in [2.05, 4.69) is 58.8 Å². The van der Waals surface area contributed by atoms with Crippen LogP contribution in [-0.4, -0.2) is 56.5 Å². The molecule has 0 aromatic rings. The summed E-state index contributed by atoms with van der Waals surface area (Å²) in [6.45, 7) is 21.6. The third kappa shape index (κ3) is 28.9. The van der Waals surface area contributed by atoms with Crippen molar-refractivity contribution < 1.29 is 21.1 Å². The van der Waals surface area contributed by atoms with Gasteiger partial charge >= 0.3 is 350 Å². The SMILES string of the molecule is CCCCCCCC[N](CCCCCCCC)[Ti]([O]C)([N](CCCCCCCC)CCCCCCCC)[N](CCCCCCCC)CCCCCCCC. The average molecular weight is 800 g/mol. The summed E-state index contributed by atoms with van der Waals surface area (Å²) in [5.41, 5.74) is 0. The van der Waals surface area contributed by atoms with Gasteiger partial charge in [-0.1, -0.05) is 0 Å². The molecule has 0 amide bonds. The van der Waals surface area contributed by atoms with Crippen molar-refractivity contribution in [1.82, 2.24) is 10.1 Å². The third-order valence-electron chi connectivity index (χ3n) is 12.2. The second-order valence-corrected chi connectivity index (χ2v) is 22.7. The van der Waals surface area contributed by atoms with E-state index in [1.807, 2.05) is 0 Å². The molecule has 0 saturated carbocycles. The van der Waals surface area contributed by atoms with Crippen molar-refractivity contribution in [2.24, 2.45) is 0 Å². The predicted octanol–water partition coefficient (Wildman–Crippen LogP) is 16.5. The summed E-state index contributed by atoms with van der Waals surface area (Å²) < 4.78 is 16.8. The van der Waals surface area contributed by atoms with Gasteiger partial charge in [-0.3, -0.25) is 0 Å². The zero-order valence-electron chi connectivity index (χ0n) is 38.9. The third-order valence-corrected chi connectivity index (χ3v) is 19.0. The molecule has 0 aliphatic heterocycles. The number of rotatable bonds is 46. The molecule has 4 nitrogen and oxygen atoms in total. The van der Waals surface area contributed by atoms with E-state index in [4.69, 9.17) is 3.32 Å². The van der Waals surface area contributed by atoms with Gasteiger partial charge in [0.05, 0.1) is 0 Å². The second kappa shape index (κ2) is 43.1. The molecular formula is C49H105N3OTi.